The molecule has 0 bridgehead atoms. The molecule has 1 amide bonds. The highest BCUT2D eigenvalue weighted by Crippen LogP contribution is 2.21. The Morgan fingerprint density at radius 3 is 2.43 bits per heavy atom. The van der Waals surface area contributed by atoms with Gasteiger partial charge >= 0.3 is 0 Å². The number of hydrogen-bond acceptors (Lipinski definition) is 4. The lowest BCUT2D eigenvalue weighted by Gasteiger charge is -2.35. The largest absolute Gasteiger partial charge is 0.372 e. The summed E-state index contributed by atoms with van der Waals surface area (Å²) in [5.41, 5.74) is 1.88. The molecule has 2 heterocycles. The van der Waals surface area contributed by atoms with E-state index in [-0.39, 0.29) is 42.1 Å². The minimum Gasteiger partial charge on any atom is -0.372 e. The van der Waals surface area contributed by atoms with Gasteiger partial charge in [0.2, 0.25) is 0 Å². The standard InChI is InChI=1S/C22H34N4O2S.HI/c1-5-20-15-25(10-11-29-20)22(23-4)24-12-18-6-8-19(9-7-18)21(27)26-13-16(2)28-17(3)14-26;/h6-9,16-17,20H,5,10-15H2,1-4H3,(H,23,24);1H. The predicted molar refractivity (Wildman–Crippen MR) is 136 cm³/mol. The molecule has 2 aliphatic heterocycles. The first-order valence-electron chi connectivity index (χ1n) is 10.6. The highest BCUT2D eigenvalue weighted by atomic mass is 127. The molecule has 3 rings (SSSR count). The van der Waals surface area contributed by atoms with Crippen LogP contribution in [0.3, 0.4) is 0 Å². The third-order valence-corrected chi connectivity index (χ3v) is 6.84. The number of carbonyl (C=O) groups is 1. The summed E-state index contributed by atoms with van der Waals surface area (Å²) in [4.78, 5) is 21.5. The van der Waals surface area contributed by atoms with Crippen LogP contribution in [0.25, 0.3) is 0 Å². The summed E-state index contributed by atoms with van der Waals surface area (Å²) in [6, 6.07) is 7.92. The zero-order valence-electron chi connectivity index (χ0n) is 18.5. The zero-order valence-corrected chi connectivity index (χ0v) is 21.6. The van der Waals surface area contributed by atoms with Gasteiger partial charge in [0.15, 0.2) is 5.96 Å². The number of hydrogen-bond donors (Lipinski definition) is 1. The molecule has 2 fully saturated rings. The van der Waals surface area contributed by atoms with Gasteiger partial charge < -0.3 is 19.9 Å². The van der Waals surface area contributed by atoms with Crippen molar-refractivity contribution < 1.29 is 9.53 Å². The van der Waals surface area contributed by atoms with Gasteiger partial charge in [-0.15, -0.1) is 24.0 Å². The Morgan fingerprint density at radius 1 is 1.17 bits per heavy atom. The first-order chi connectivity index (χ1) is 14.0. The summed E-state index contributed by atoms with van der Waals surface area (Å²) in [7, 11) is 1.84. The van der Waals surface area contributed by atoms with Crippen LogP contribution in [0.15, 0.2) is 29.3 Å². The summed E-state index contributed by atoms with van der Waals surface area (Å²) >= 11 is 2.06. The highest BCUT2D eigenvalue weighted by Gasteiger charge is 2.26. The van der Waals surface area contributed by atoms with E-state index in [0.717, 1.165) is 35.9 Å². The third kappa shape index (κ3) is 6.75. The third-order valence-electron chi connectivity index (χ3n) is 5.46. The molecule has 8 heteroatoms. The molecule has 0 saturated carbocycles. The maximum Gasteiger partial charge on any atom is 0.254 e. The number of guanidine groups is 1. The monoisotopic (exact) mass is 546 g/mol. The van der Waals surface area contributed by atoms with Crippen LogP contribution in [-0.4, -0.2) is 78.1 Å². The smallest absolute Gasteiger partial charge is 0.254 e. The molecule has 6 nitrogen and oxygen atoms in total. The molecular formula is C22H35IN4O2S. The van der Waals surface area contributed by atoms with E-state index < -0.39 is 0 Å². The topological polar surface area (TPSA) is 57.2 Å². The molecule has 0 spiro atoms. The fraction of sp³-hybridized carbons (Fsp3) is 0.636. The number of halogens is 1. The number of amides is 1. The molecule has 168 valence electrons. The molecular weight excluding hydrogens is 511 g/mol. The number of ether oxygens (including phenoxy) is 1. The van der Waals surface area contributed by atoms with Gasteiger partial charge in [0.25, 0.3) is 5.91 Å². The van der Waals surface area contributed by atoms with Crippen molar-refractivity contribution in [3.05, 3.63) is 35.4 Å². The van der Waals surface area contributed by atoms with Crippen molar-refractivity contribution in [3.8, 4) is 0 Å². The maximum atomic E-state index is 12.8. The Labute approximate surface area is 202 Å². The van der Waals surface area contributed by atoms with Crippen molar-refractivity contribution >= 4 is 47.6 Å². The quantitative estimate of drug-likeness (QED) is 0.356. The second-order valence-corrected chi connectivity index (χ2v) is 9.32. The molecule has 3 atom stereocenters. The Morgan fingerprint density at radius 2 is 1.83 bits per heavy atom. The zero-order chi connectivity index (χ0) is 20.8. The second kappa shape index (κ2) is 12.1. The molecule has 0 aliphatic carbocycles. The average Bonchev–Trinajstić information content (AvgIpc) is 2.73. The van der Waals surface area contributed by atoms with Crippen LogP contribution in [0.4, 0.5) is 0 Å². The van der Waals surface area contributed by atoms with E-state index in [1.54, 1.807) is 0 Å². The fourth-order valence-electron chi connectivity index (χ4n) is 3.96. The molecule has 2 aliphatic rings. The van der Waals surface area contributed by atoms with E-state index in [4.69, 9.17) is 4.74 Å². The molecule has 30 heavy (non-hydrogen) atoms. The minimum atomic E-state index is 0. The van der Waals surface area contributed by atoms with E-state index in [0.29, 0.717) is 24.9 Å². The number of thioether (sulfide) groups is 1. The first kappa shape index (κ1) is 25.3. The van der Waals surface area contributed by atoms with Crippen molar-refractivity contribution in [1.82, 2.24) is 15.1 Å². The number of nitrogens with one attached hydrogen (secondary N) is 1. The van der Waals surface area contributed by atoms with Crippen LogP contribution in [0.5, 0.6) is 0 Å². The lowest BCUT2D eigenvalue weighted by molar-refractivity contribution is -0.0586. The second-order valence-electron chi connectivity index (χ2n) is 7.91. The molecule has 3 unspecified atom stereocenters. The van der Waals surface area contributed by atoms with Crippen LogP contribution in [0.1, 0.15) is 43.1 Å². The SMILES string of the molecule is CCC1CN(C(=NC)NCc2ccc(C(=O)N3CC(C)OC(C)C3)cc2)CCS1.I. The van der Waals surface area contributed by atoms with Gasteiger partial charge in [-0.25, -0.2) is 0 Å². The van der Waals surface area contributed by atoms with Crippen molar-refractivity contribution in [3.63, 3.8) is 0 Å². The van der Waals surface area contributed by atoms with Gasteiger partial charge in [-0.3, -0.25) is 9.79 Å². The van der Waals surface area contributed by atoms with Crippen molar-refractivity contribution in [1.29, 1.82) is 0 Å². The van der Waals surface area contributed by atoms with Gasteiger partial charge in [-0.05, 0) is 38.0 Å². The van der Waals surface area contributed by atoms with Crippen molar-refractivity contribution in [2.75, 3.05) is 39.0 Å². The summed E-state index contributed by atoms with van der Waals surface area (Å²) < 4.78 is 5.73. The van der Waals surface area contributed by atoms with E-state index in [9.17, 15) is 4.79 Å². The summed E-state index contributed by atoms with van der Waals surface area (Å²) in [6.07, 6.45) is 1.35. The van der Waals surface area contributed by atoms with Gasteiger partial charge in [-0.1, -0.05) is 19.1 Å². The molecule has 2 saturated heterocycles. The molecule has 1 aromatic carbocycles. The molecule has 1 N–H and O–H groups in total. The maximum absolute atomic E-state index is 12.8. The van der Waals surface area contributed by atoms with E-state index in [2.05, 4.69) is 33.9 Å². The fourth-order valence-corrected chi connectivity index (χ4v) is 5.14. The molecule has 0 radical (unpaired) electrons. The van der Waals surface area contributed by atoms with Crippen LogP contribution in [0.2, 0.25) is 0 Å². The van der Waals surface area contributed by atoms with E-state index in [1.807, 2.05) is 50.1 Å². The van der Waals surface area contributed by atoms with E-state index in [1.165, 1.54) is 6.42 Å². The van der Waals surface area contributed by atoms with Crippen LogP contribution < -0.4 is 5.32 Å². The summed E-state index contributed by atoms with van der Waals surface area (Å²) in [5.74, 6) is 2.19. The number of morpholine rings is 1. The van der Waals surface area contributed by atoms with E-state index >= 15 is 0 Å². The minimum absolute atomic E-state index is 0. The van der Waals surface area contributed by atoms with Crippen molar-refractivity contribution in [2.24, 2.45) is 4.99 Å². The Hall–Kier alpha value is -1.000. The summed E-state index contributed by atoms with van der Waals surface area (Å²) in [5, 5.41) is 4.16. The Bertz CT molecular complexity index is 706. The predicted octanol–water partition coefficient (Wildman–Crippen LogP) is 3.46. The van der Waals surface area contributed by atoms with Crippen LogP contribution in [0, 0.1) is 0 Å². The Kier molecular flexibility index (Phi) is 10.2. The van der Waals surface area contributed by atoms with Gasteiger partial charge in [0.05, 0.1) is 12.2 Å². The van der Waals surface area contributed by atoms with Gasteiger partial charge in [0.1, 0.15) is 0 Å². The van der Waals surface area contributed by atoms with Crippen LogP contribution in [-0.2, 0) is 11.3 Å². The van der Waals surface area contributed by atoms with Gasteiger partial charge in [-0.2, -0.15) is 11.8 Å². The lowest BCUT2D eigenvalue weighted by atomic mass is 10.1. The number of nitrogens with zero attached hydrogens (tertiary/aromatic N) is 3. The van der Waals surface area contributed by atoms with Crippen LogP contribution >= 0.6 is 35.7 Å². The number of aliphatic imine (C=N–C) groups is 1. The first-order valence-corrected chi connectivity index (χ1v) is 11.7. The molecule has 0 aromatic heterocycles. The van der Waals surface area contributed by atoms with Crippen molar-refractivity contribution in [2.45, 2.75) is 51.2 Å². The number of carbonyl (C=O) groups excluding carboxylic acids is 1. The molecule has 1 aromatic rings. The Balaban J connectivity index is 0.00000320. The number of benzene rings is 1. The normalized spacial score (nSPS) is 24.9. The van der Waals surface area contributed by atoms with Gasteiger partial charge in [0, 0.05) is 56.3 Å². The number of rotatable bonds is 4. The highest BCUT2D eigenvalue weighted by molar-refractivity contribution is 14.0. The lowest BCUT2D eigenvalue weighted by Crippen LogP contribution is -2.48. The summed E-state index contributed by atoms with van der Waals surface area (Å²) in [6.45, 7) is 10.4. The average molecular weight is 547 g/mol.